The normalized spacial score (nSPS) is 12.5. The molecule has 0 aromatic heterocycles. The summed E-state index contributed by atoms with van der Waals surface area (Å²) in [5.74, 6) is -0.196. The molecule has 15 heavy (non-hydrogen) atoms. The second-order valence-electron chi connectivity index (χ2n) is 3.67. The van der Waals surface area contributed by atoms with Crippen molar-refractivity contribution in [3.8, 4) is 0 Å². The molecule has 1 unspecified atom stereocenters. The molecule has 0 aliphatic rings. The maximum Gasteiger partial charge on any atom is 0.335 e. The van der Waals surface area contributed by atoms with E-state index >= 15 is 0 Å². The van der Waals surface area contributed by atoms with Gasteiger partial charge in [-0.2, -0.15) is 0 Å². The van der Waals surface area contributed by atoms with Crippen LogP contribution in [0.2, 0.25) is 0 Å². The Kier molecular flexibility index (Phi) is 9.59. The van der Waals surface area contributed by atoms with Crippen LogP contribution in [-0.4, -0.2) is 25.3 Å². The average Bonchev–Trinajstić information content (AvgIpc) is 2.24. The topological polar surface area (TPSA) is 35.5 Å². The Balaban J connectivity index is 3.81. The number of hydrogen-bond acceptors (Lipinski definition) is 3. The Morgan fingerprint density at radius 2 is 1.80 bits per heavy atom. The lowest BCUT2D eigenvalue weighted by Crippen LogP contribution is -2.27. The fourth-order valence-corrected chi connectivity index (χ4v) is 1.20. The number of carbonyl (C=O) groups excluding carboxylic acids is 1. The van der Waals surface area contributed by atoms with Crippen molar-refractivity contribution < 1.29 is 14.3 Å². The number of hydrogen-bond donors (Lipinski definition) is 0. The first-order chi connectivity index (χ1) is 7.26. The summed E-state index contributed by atoms with van der Waals surface area (Å²) in [6, 6.07) is 0. The van der Waals surface area contributed by atoms with Crippen molar-refractivity contribution in [2.45, 2.75) is 59.0 Å². The summed E-state index contributed by atoms with van der Waals surface area (Å²) in [6.45, 7) is 7.30. The van der Waals surface area contributed by atoms with Crippen LogP contribution in [-0.2, 0) is 14.3 Å². The second kappa shape index (κ2) is 9.97. The molecule has 0 aromatic carbocycles. The fraction of sp³-hybridized carbons (Fsp3) is 0.917. The minimum Gasteiger partial charge on any atom is -0.464 e. The number of rotatable bonds is 9. The molecule has 0 fully saturated rings. The summed E-state index contributed by atoms with van der Waals surface area (Å²) in [6.07, 6.45) is 4.25. The summed E-state index contributed by atoms with van der Waals surface area (Å²) in [5.41, 5.74) is 0. The molecule has 1 atom stereocenters. The van der Waals surface area contributed by atoms with Crippen LogP contribution in [0.4, 0.5) is 0 Å². The molecule has 3 nitrogen and oxygen atoms in total. The van der Waals surface area contributed by atoms with Crippen molar-refractivity contribution in [1.82, 2.24) is 0 Å². The molecule has 0 bridgehead atoms. The summed E-state index contributed by atoms with van der Waals surface area (Å²) >= 11 is 0. The molecule has 0 aliphatic carbocycles. The molecule has 0 aliphatic heterocycles. The standard InChI is InChI=1S/C12H24O3/c1-4-7-10-15-12(13)11(8-5-2)14-9-6-3/h11H,4-10H2,1-3H3. The molecule has 0 saturated heterocycles. The smallest absolute Gasteiger partial charge is 0.335 e. The van der Waals surface area contributed by atoms with E-state index < -0.39 is 0 Å². The predicted octanol–water partition coefficient (Wildman–Crippen LogP) is 2.93. The Hall–Kier alpha value is -0.570. The van der Waals surface area contributed by atoms with E-state index in [1.807, 2.05) is 13.8 Å². The Bertz CT molecular complexity index is 157. The molecule has 0 spiro atoms. The highest BCUT2D eigenvalue weighted by molar-refractivity contribution is 5.74. The molecule has 0 aromatic rings. The van der Waals surface area contributed by atoms with Gasteiger partial charge < -0.3 is 9.47 Å². The molecule has 0 saturated carbocycles. The lowest BCUT2D eigenvalue weighted by atomic mass is 10.2. The van der Waals surface area contributed by atoms with Crippen molar-refractivity contribution in [2.75, 3.05) is 13.2 Å². The van der Waals surface area contributed by atoms with Crippen LogP contribution < -0.4 is 0 Å². The zero-order chi connectivity index (χ0) is 11.5. The van der Waals surface area contributed by atoms with Crippen molar-refractivity contribution in [2.24, 2.45) is 0 Å². The van der Waals surface area contributed by atoms with E-state index in [9.17, 15) is 4.79 Å². The van der Waals surface area contributed by atoms with Gasteiger partial charge in [0, 0.05) is 6.61 Å². The molecule has 3 heteroatoms. The van der Waals surface area contributed by atoms with Gasteiger partial charge in [-0.05, 0) is 19.3 Å². The maximum absolute atomic E-state index is 11.6. The van der Waals surface area contributed by atoms with Gasteiger partial charge in [0.15, 0.2) is 6.10 Å². The van der Waals surface area contributed by atoms with Crippen LogP contribution in [0.5, 0.6) is 0 Å². The molecule has 0 N–H and O–H groups in total. The van der Waals surface area contributed by atoms with Gasteiger partial charge in [-0.3, -0.25) is 0 Å². The first-order valence-electron chi connectivity index (χ1n) is 6.04. The molecular formula is C12H24O3. The summed E-state index contributed by atoms with van der Waals surface area (Å²) in [4.78, 5) is 11.6. The van der Waals surface area contributed by atoms with Crippen molar-refractivity contribution >= 4 is 5.97 Å². The summed E-state index contributed by atoms with van der Waals surface area (Å²) in [7, 11) is 0. The van der Waals surface area contributed by atoms with E-state index in [4.69, 9.17) is 9.47 Å². The van der Waals surface area contributed by atoms with Crippen LogP contribution in [0.1, 0.15) is 52.9 Å². The van der Waals surface area contributed by atoms with Crippen LogP contribution in [0.25, 0.3) is 0 Å². The SMILES string of the molecule is CCCCOC(=O)C(CCC)OCCC. The van der Waals surface area contributed by atoms with Crippen molar-refractivity contribution in [1.29, 1.82) is 0 Å². The highest BCUT2D eigenvalue weighted by Gasteiger charge is 2.18. The zero-order valence-corrected chi connectivity index (χ0v) is 10.3. The van der Waals surface area contributed by atoms with Gasteiger partial charge in [-0.1, -0.05) is 33.6 Å². The van der Waals surface area contributed by atoms with Gasteiger partial charge in [0.05, 0.1) is 6.61 Å². The van der Waals surface area contributed by atoms with Crippen LogP contribution >= 0.6 is 0 Å². The van der Waals surface area contributed by atoms with Gasteiger partial charge in [-0.15, -0.1) is 0 Å². The lowest BCUT2D eigenvalue weighted by molar-refractivity contribution is -0.157. The number of unbranched alkanes of at least 4 members (excludes halogenated alkanes) is 1. The molecule has 0 radical (unpaired) electrons. The monoisotopic (exact) mass is 216 g/mol. The first kappa shape index (κ1) is 14.4. The van der Waals surface area contributed by atoms with E-state index in [1.54, 1.807) is 0 Å². The van der Waals surface area contributed by atoms with Gasteiger partial charge in [-0.25, -0.2) is 4.79 Å². The number of ether oxygens (including phenoxy) is 2. The molecule has 0 amide bonds. The van der Waals surface area contributed by atoms with Gasteiger partial charge in [0.25, 0.3) is 0 Å². The Labute approximate surface area is 93.1 Å². The zero-order valence-electron chi connectivity index (χ0n) is 10.3. The third-order valence-electron chi connectivity index (χ3n) is 2.08. The number of esters is 1. The lowest BCUT2D eigenvalue weighted by Gasteiger charge is -2.15. The van der Waals surface area contributed by atoms with Crippen LogP contribution in [0, 0.1) is 0 Å². The van der Waals surface area contributed by atoms with Crippen molar-refractivity contribution in [3.05, 3.63) is 0 Å². The van der Waals surface area contributed by atoms with E-state index in [0.717, 1.165) is 32.1 Å². The van der Waals surface area contributed by atoms with Gasteiger partial charge in [0.1, 0.15) is 0 Å². The summed E-state index contributed by atoms with van der Waals surface area (Å²) in [5, 5.41) is 0. The highest BCUT2D eigenvalue weighted by atomic mass is 16.6. The van der Waals surface area contributed by atoms with Crippen LogP contribution in [0.15, 0.2) is 0 Å². The quantitative estimate of drug-likeness (QED) is 0.439. The Morgan fingerprint density at radius 1 is 1.07 bits per heavy atom. The second-order valence-corrected chi connectivity index (χ2v) is 3.67. The molecule has 0 heterocycles. The third-order valence-corrected chi connectivity index (χ3v) is 2.08. The highest BCUT2D eigenvalue weighted by Crippen LogP contribution is 2.06. The molecule has 90 valence electrons. The van der Waals surface area contributed by atoms with E-state index in [-0.39, 0.29) is 12.1 Å². The average molecular weight is 216 g/mol. The number of carbonyl (C=O) groups is 1. The van der Waals surface area contributed by atoms with Gasteiger partial charge in [0.2, 0.25) is 0 Å². The van der Waals surface area contributed by atoms with E-state index in [0.29, 0.717) is 13.2 Å². The minimum absolute atomic E-state index is 0.196. The first-order valence-corrected chi connectivity index (χ1v) is 6.04. The fourth-order valence-electron chi connectivity index (χ4n) is 1.20. The summed E-state index contributed by atoms with van der Waals surface area (Å²) < 4.78 is 10.6. The molecular weight excluding hydrogens is 192 g/mol. The predicted molar refractivity (Wildman–Crippen MR) is 60.8 cm³/mol. The Morgan fingerprint density at radius 3 is 2.33 bits per heavy atom. The van der Waals surface area contributed by atoms with E-state index in [2.05, 4.69) is 6.92 Å². The van der Waals surface area contributed by atoms with E-state index in [1.165, 1.54) is 0 Å². The van der Waals surface area contributed by atoms with Crippen molar-refractivity contribution in [3.63, 3.8) is 0 Å². The molecule has 0 rings (SSSR count). The van der Waals surface area contributed by atoms with Crippen LogP contribution in [0.3, 0.4) is 0 Å². The van der Waals surface area contributed by atoms with Gasteiger partial charge >= 0.3 is 5.97 Å². The third kappa shape index (κ3) is 7.37. The largest absolute Gasteiger partial charge is 0.464 e. The maximum atomic E-state index is 11.6. The minimum atomic E-state index is -0.355.